The van der Waals surface area contributed by atoms with Gasteiger partial charge in [-0.2, -0.15) is 0 Å². The van der Waals surface area contributed by atoms with Crippen LogP contribution in [0.2, 0.25) is 5.02 Å². The number of piperidine rings is 1. The van der Waals surface area contributed by atoms with Crippen molar-refractivity contribution in [2.45, 2.75) is 12.8 Å². The lowest BCUT2D eigenvalue weighted by Crippen LogP contribution is -2.43. The predicted molar refractivity (Wildman–Crippen MR) is 110 cm³/mol. The third-order valence-electron chi connectivity index (χ3n) is 4.75. The summed E-state index contributed by atoms with van der Waals surface area (Å²) in [5.41, 5.74) is 0.584. The minimum absolute atomic E-state index is 0.00766. The lowest BCUT2D eigenvalue weighted by Gasteiger charge is -2.32. The SMILES string of the molecule is O=C(NCC1CCN(C(=O)COc2ccccc2)CC1)Nc1ccccc1Cl. The number of ether oxygens (including phenoxy) is 1. The van der Waals surface area contributed by atoms with Crippen molar-refractivity contribution in [2.75, 3.05) is 31.6 Å². The van der Waals surface area contributed by atoms with Crippen LogP contribution in [0.5, 0.6) is 5.75 Å². The van der Waals surface area contributed by atoms with Gasteiger partial charge in [0.15, 0.2) is 6.61 Å². The summed E-state index contributed by atoms with van der Waals surface area (Å²) < 4.78 is 5.53. The Kier molecular flexibility index (Phi) is 7.14. The molecule has 3 amide bonds. The number of anilines is 1. The molecule has 6 nitrogen and oxygen atoms in total. The fraction of sp³-hybridized carbons (Fsp3) is 0.333. The van der Waals surface area contributed by atoms with Gasteiger partial charge in [0.25, 0.3) is 5.91 Å². The van der Waals surface area contributed by atoms with Crippen LogP contribution in [0.1, 0.15) is 12.8 Å². The Hall–Kier alpha value is -2.73. The smallest absolute Gasteiger partial charge is 0.319 e. The Morgan fingerprint density at radius 3 is 2.43 bits per heavy atom. The van der Waals surface area contributed by atoms with Gasteiger partial charge in [0.1, 0.15) is 5.75 Å². The zero-order chi connectivity index (χ0) is 19.8. The second-order valence-corrected chi connectivity index (χ2v) is 7.15. The molecule has 0 spiro atoms. The average Bonchev–Trinajstić information content (AvgIpc) is 2.73. The van der Waals surface area contributed by atoms with E-state index >= 15 is 0 Å². The van der Waals surface area contributed by atoms with E-state index in [1.165, 1.54) is 0 Å². The molecule has 1 aliphatic rings. The fourth-order valence-corrected chi connectivity index (χ4v) is 3.29. The summed E-state index contributed by atoms with van der Waals surface area (Å²) in [6.45, 7) is 1.97. The number of urea groups is 1. The normalized spacial score (nSPS) is 14.4. The first-order valence-electron chi connectivity index (χ1n) is 9.37. The van der Waals surface area contributed by atoms with Gasteiger partial charge in [-0.25, -0.2) is 4.79 Å². The maximum atomic E-state index is 12.3. The van der Waals surface area contributed by atoms with Gasteiger partial charge in [0.2, 0.25) is 0 Å². The number of nitrogens with one attached hydrogen (secondary N) is 2. The van der Waals surface area contributed by atoms with Gasteiger partial charge in [-0.3, -0.25) is 4.79 Å². The number of rotatable bonds is 6. The summed E-state index contributed by atoms with van der Waals surface area (Å²) >= 11 is 6.04. The standard InChI is InChI=1S/C21H24ClN3O3/c22-18-8-4-5-9-19(18)24-21(27)23-14-16-10-12-25(13-11-16)20(26)15-28-17-6-2-1-3-7-17/h1-9,16H,10-15H2,(H2,23,24,27). The molecule has 0 bridgehead atoms. The van der Waals surface area contributed by atoms with E-state index in [1.54, 1.807) is 12.1 Å². The number of benzene rings is 2. The highest BCUT2D eigenvalue weighted by molar-refractivity contribution is 6.33. The zero-order valence-corrected chi connectivity index (χ0v) is 16.3. The zero-order valence-electron chi connectivity index (χ0n) is 15.6. The number of amides is 3. The van der Waals surface area contributed by atoms with Crippen molar-refractivity contribution in [3.63, 3.8) is 0 Å². The molecule has 0 unspecified atom stereocenters. The largest absolute Gasteiger partial charge is 0.484 e. The maximum absolute atomic E-state index is 12.3. The second-order valence-electron chi connectivity index (χ2n) is 6.74. The van der Waals surface area contributed by atoms with E-state index in [1.807, 2.05) is 47.4 Å². The third-order valence-corrected chi connectivity index (χ3v) is 5.08. The van der Waals surface area contributed by atoms with Crippen LogP contribution in [0.25, 0.3) is 0 Å². The van der Waals surface area contributed by atoms with E-state index in [-0.39, 0.29) is 18.5 Å². The molecule has 7 heteroatoms. The van der Waals surface area contributed by atoms with E-state index in [4.69, 9.17) is 16.3 Å². The highest BCUT2D eigenvalue weighted by Gasteiger charge is 2.23. The Balaban J connectivity index is 1.35. The van der Waals surface area contributed by atoms with Crippen LogP contribution in [0.4, 0.5) is 10.5 Å². The van der Waals surface area contributed by atoms with Crippen LogP contribution in [-0.2, 0) is 4.79 Å². The van der Waals surface area contributed by atoms with Crippen molar-refractivity contribution < 1.29 is 14.3 Å². The monoisotopic (exact) mass is 401 g/mol. The number of hydrogen-bond donors (Lipinski definition) is 2. The minimum Gasteiger partial charge on any atom is -0.484 e. The summed E-state index contributed by atoms with van der Waals surface area (Å²) in [5, 5.41) is 6.13. The molecular formula is C21H24ClN3O3. The molecule has 0 aliphatic carbocycles. The van der Waals surface area contributed by atoms with Gasteiger partial charge < -0.3 is 20.3 Å². The van der Waals surface area contributed by atoms with Gasteiger partial charge >= 0.3 is 6.03 Å². The fourth-order valence-electron chi connectivity index (χ4n) is 3.11. The molecule has 0 aromatic heterocycles. The summed E-state index contributed by atoms with van der Waals surface area (Å²) in [6.07, 6.45) is 1.70. The Labute approximate surface area is 169 Å². The minimum atomic E-state index is -0.275. The first-order valence-corrected chi connectivity index (χ1v) is 9.74. The Morgan fingerprint density at radius 2 is 1.71 bits per heavy atom. The van der Waals surface area contributed by atoms with E-state index in [0.717, 1.165) is 12.8 Å². The summed E-state index contributed by atoms with van der Waals surface area (Å²) in [6, 6.07) is 16.2. The average molecular weight is 402 g/mol. The number of hydrogen-bond acceptors (Lipinski definition) is 3. The van der Waals surface area contributed by atoms with Crippen molar-refractivity contribution in [3.8, 4) is 5.75 Å². The molecule has 0 saturated carbocycles. The molecule has 28 heavy (non-hydrogen) atoms. The molecule has 1 aliphatic heterocycles. The molecule has 2 aromatic carbocycles. The molecule has 0 atom stereocenters. The third kappa shape index (κ3) is 5.89. The topological polar surface area (TPSA) is 70.7 Å². The molecule has 3 rings (SSSR count). The second kappa shape index (κ2) is 9.99. The first kappa shape index (κ1) is 20.0. The van der Waals surface area contributed by atoms with E-state index in [2.05, 4.69) is 10.6 Å². The predicted octanol–water partition coefficient (Wildman–Crippen LogP) is 3.78. The first-order chi connectivity index (χ1) is 13.6. The van der Waals surface area contributed by atoms with Crippen molar-refractivity contribution >= 4 is 29.2 Å². The van der Waals surface area contributed by atoms with E-state index in [9.17, 15) is 9.59 Å². The van der Waals surface area contributed by atoms with Crippen LogP contribution in [0, 0.1) is 5.92 Å². The summed E-state index contributed by atoms with van der Waals surface area (Å²) in [7, 11) is 0. The van der Waals surface area contributed by atoms with Crippen LogP contribution in [-0.4, -0.2) is 43.1 Å². The van der Waals surface area contributed by atoms with Crippen LogP contribution < -0.4 is 15.4 Å². The molecular weight excluding hydrogens is 378 g/mol. The molecule has 2 aromatic rings. The van der Waals surface area contributed by atoms with Gasteiger partial charge in [0, 0.05) is 19.6 Å². The molecule has 2 N–H and O–H groups in total. The summed E-state index contributed by atoms with van der Waals surface area (Å²) in [4.78, 5) is 26.1. The number of nitrogens with zero attached hydrogens (tertiary/aromatic N) is 1. The molecule has 1 heterocycles. The maximum Gasteiger partial charge on any atom is 0.319 e. The van der Waals surface area contributed by atoms with Gasteiger partial charge in [-0.15, -0.1) is 0 Å². The number of carbonyl (C=O) groups excluding carboxylic acids is 2. The lowest BCUT2D eigenvalue weighted by atomic mass is 9.97. The van der Waals surface area contributed by atoms with Gasteiger partial charge in [0.05, 0.1) is 10.7 Å². The van der Waals surface area contributed by atoms with Crippen LogP contribution in [0.3, 0.4) is 0 Å². The number of para-hydroxylation sites is 2. The highest BCUT2D eigenvalue weighted by Crippen LogP contribution is 2.20. The Morgan fingerprint density at radius 1 is 1.04 bits per heavy atom. The Bertz CT molecular complexity index is 792. The van der Waals surface area contributed by atoms with Crippen molar-refractivity contribution in [1.29, 1.82) is 0 Å². The van der Waals surface area contributed by atoms with Gasteiger partial charge in [-0.05, 0) is 43.0 Å². The van der Waals surface area contributed by atoms with E-state index < -0.39 is 0 Å². The van der Waals surface area contributed by atoms with E-state index in [0.29, 0.717) is 42.0 Å². The summed E-state index contributed by atoms with van der Waals surface area (Å²) in [5.74, 6) is 1.03. The van der Waals surface area contributed by atoms with Crippen LogP contribution >= 0.6 is 11.6 Å². The molecule has 0 radical (unpaired) electrons. The lowest BCUT2D eigenvalue weighted by molar-refractivity contribution is -0.134. The van der Waals surface area contributed by atoms with Crippen molar-refractivity contribution in [2.24, 2.45) is 5.92 Å². The van der Waals surface area contributed by atoms with Gasteiger partial charge in [-0.1, -0.05) is 41.9 Å². The number of halogens is 1. The highest BCUT2D eigenvalue weighted by atomic mass is 35.5. The van der Waals surface area contributed by atoms with Crippen molar-refractivity contribution in [1.82, 2.24) is 10.2 Å². The number of carbonyl (C=O) groups is 2. The molecule has 1 fully saturated rings. The van der Waals surface area contributed by atoms with Crippen molar-refractivity contribution in [3.05, 3.63) is 59.6 Å². The molecule has 1 saturated heterocycles. The van der Waals surface area contributed by atoms with Crippen LogP contribution in [0.15, 0.2) is 54.6 Å². The number of likely N-dealkylation sites (tertiary alicyclic amines) is 1. The molecule has 148 valence electrons. The quantitative estimate of drug-likeness (QED) is 0.773.